The third-order valence-electron chi connectivity index (χ3n) is 8.67. The van der Waals surface area contributed by atoms with Crippen LogP contribution < -0.4 is 10.6 Å². The number of nitrogens with one attached hydrogen (secondary N) is 3. The molecule has 2 atom stereocenters. The van der Waals surface area contributed by atoms with Gasteiger partial charge in [-0.2, -0.15) is 10.5 Å². The van der Waals surface area contributed by atoms with Crippen LogP contribution in [0.25, 0.3) is 11.3 Å². The van der Waals surface area contributed by atoms with Gasteiger partial charge in [0.2, 0.25) is 5.82 Å². The number of pyridine rings is 2. The zero-order valence-electron chi connectivity index (χ0n) is 25.0. The van der Waals surface area contributed by atoms with Crippen molar-refractivity contribution in [1.29, 1.82) is 5.26 Å². The van der Waals surface area contributed by atoms with Crippen molar-refractivity contribution >= 4 is 5.82 Å². The summed E-state index contributed by atoms with van der Waals surface area (Å²) < 4.78 is 11.4. The predicted octanol–water partition coefficient (Wildman–Crippen LogP) is 4.55. The summed E-state index contributed by atoms with van der Waals surface area (Å²) in [5, 5.41) is 31.0. The molecular formula is C31H43N9O2. The largest absolute Gasteiger partial charge is 0.381 e. The number of nitriles is 1. The summed E-state index contributed by atoms with van der Waals surface area (Å²) in [5.41, 5.74) is 3.88. The molecule has 3 N–H and O–H groups in total. The van der Waals surface area contributed by atoms with Gasteiger partial charge in [0.05, 0.1) is 23.8 Å². The number of H-pyrrole nitrogens is 1. The Morgan fingerprint density at radius 3 is 2.74 bits per heavy atom. The van der Waals surface area contributed by atoms with Crippen molar-refractivity contribution < 1.29 is 9.47 Å². The molecule has 0 aromatic carbocycles. The summed E-state index contributed by atoms with van der Waals surface area (Å²) in [7, 11) is 0. The molecule has 2 aliphatic rings. The normalized spacial score (nSPS) is 21.8. The van der Waals surface area contributed by atoms with Crippen molar-refractivity contribution in [3.05, 3.63) is 47.5 Å². The number of tetrazole rings is 1. The predicted molar refractivity (Wildman–Crippen MR) is 159 cm³/mol. The highest BCUT2D eigenvalue weighted by Gasteiger charge is 2.32. The Hall–Kier alpha value is -3.46. The van der Waals surface area contributed by atoms with E-state index in [1.807, 2.05) is 25.3 Å². The Labute approximate surface area is 248 Å². The van der Waals surface area contributed by atoms with E-state index in [0.29, 0.717) is 44.1 Å². The molecule has 0 unspecified atom stereocenters. The highest BCUT2D eigenvalue weighted by molar-refractivity contribution is 5.65. The number of hydrogen-bond acceptors (Lipinski definition) is 10. The molecule has 11 nitrogen and oxygen atoms in total. The van der Waals surface area contributed by atoms with E-state index in [1.54, 1.807) is 0 Å². The molecule has 3 aromatic heterocycles. The summed E-state index contributed by atoms with van der Waals surface area (Å²) in [5.74, 6) is 1.99. The summed E-state index contributed by atoms with van der Waals surface area (Å²) >= 11 is 0. The summed E-state index contributed by atoms with van der Waals surface area (Å²) in [6, 6.07) is 11.5. The monoisotopic (exact) mass is 573 g/mol. The SMILES string of the molecule is Cc1cnc(CC2CCC(N[C@@H](C)CO[C@H](C)c3nn[nH]n3)CC2)cc1-c1cccc(NCC2(C#N)CCOCC2)n1. The number of anilines is 1. The third kappa shape index (κ3) is 7.88. The molecule has 0 radical (unpaired) electrons. The summed E-state index contributed by atoms with van der Waals surface area (Å²) in [6.07, 6.45) is 8.93. The van der Waals surface area contributed by atoms with Crippen molar-refractivity contribution in [3.8, 4) is 17.3 Å². The van der Waals surface area contributed by atoms with Crippen molar-refractivity contribution in [2.45, 2.75) is 83.9 Å². The van der Waals surface area contributed by atoms with Gasteiger partial charge in [-0.05, 0) is 95.4 Å². The lowest BCUT2D eigenvalue weighted by Crippen LogP contribution is -2.41. The maximum Gasteiger partial charge on any atom is 0.202 e. The second-order valence-electron chi connectivity index (χ2n) is 12.0. The molecule has 0 spiro atoms. The molecule has 11 heteroatoms. The van der Waals surface area contributed by atoms with Crippen molar-refractivity contribution in [2.75, 3.05) is 31.7 Å². The summed E-state index contributed by atoms with van der Waals surface area (Å²) in [4.78, 5) is 9.70. The first-order valence-corrected chi connectivity index (χ1v) is 15.2. The Bertz CT molecular complexity index is 1310. The fourth-order valence-electron chi connectivity index (χ4n) is 5.97. The molecule has 0 amide bonds. The van der Waals surface area contributed by atoms with Gasteiger partial charge in [0.15, 0.2) is 0 Å². The minimum atomic E-state index is -0.398. The van der Waals surface area contributed by atoms with Crippen LogP contribution in [0.4, 0.5) is 5.82 Å². The smallest absolute Gasteiger partial charge is 0.202 e. The quantitative estimate of drug-likeness (QED) is 0.282. The maximum absolute atomic E-state index is 9.79. The molecule has 1 aliphatic carbocycles. The minimum Gasteiger partial charge on any atom is -0.381 e. The second kappa shape index (κ2) is 14.1. The lowest BCUT2D eigenvalue weighted by atomic mass is 9.82. The zero-order chi connectivity index (χ0) is 29.4. The van der Waals surface area contributed by atoms with Gasteiger partial charge in [-0.1, -0.05) is 11.3 Å². The lowest BCUT2D eigenvalue weighted by Gasteiger charge is -2.31. The Morgan fingerprint density at radius 2 is 2.00 bits per heavy atom. The molecule has 1 saturated carbocycles. The molecule has 1 aliphatic heterocycles. The van der Waals surface area contributed by atoms with Gasteiger partial charge in [0, 0.05) is 49.3 Å². The van der Waals surface area contributed by atoms with Crippen LogP contribution in [0.3, 0.4) is 0 Å². The van der Waals surface area contributed by atoms with Gasteiger partial charge < -0.3 is 20.1 Å². The maximum atomic E-state index is 9.79. The van der Waals surface area contributed by atoms with E-state index in [9.17, 15) is 5.26 Å². The average molecular weight is 574 g/mol. The van der Waals surface area contributed by atoms with Crippen LogP contribution in [0.15, 0.2) is 30.5 Å². The Balaban J connectivity index is 1.11. The topological polar surface area (TPSA) is 147 Å². The molecule has 224 valence electrons. The van der Waals surface area contributed by atoms with E-state index in [0.717, 1.165) is 60.4 Å². The Morgan fingerprint density at radius 1 is 1.19 bits per heavy atom. The van der Waals surface area contributed by atoms with Gasteiger partial charge in [0.1, 0.15) is 11.9 Å². The molecule has 42 heavy (non-hydrogen) atoms. The van der Waals surface area contributed by atoms with E-state index in [-0.39, 0.29) is 12.1 Å². The van der Waals surface area contributed by atoms with Gasteiger partial charge in [-0.15, -0.1) is 10.2 Å². The number of ether oxygens (including phenoxy) is 2. The van der Waals surface area contributed by atoms with Crippen LogP contribution in [-0.2, 0) is 15.9 Å². The molecule has 3 aromatic rings. The number of nitrogens with zero attached hydrogens (tertiary/aromatic N) is 6. The first-order chi connectivity index (χ1) is 20.4. The average Bonchev–Trinajstić information content (AvgIpc) is 3.57. The Kier molecular flexibility index (Phi) is 10.1. The van der Waals surface area contributed by atoms with Gasteiger partial charge >= 0.3 is 0 Å². The fourth-order valence-corrected chi connectivity index (χ4v) is 5.97. The van der Waals surface area contributed by atoms with Crippen LogP contribution in [0, 0.1) is 29.6 Å². The first kappa shape index (κ1) is 30.0. The minimum absolute atomic E-state index is 0.183. The highest BCUT2D eigenvalue weighted by Crippen LogP contribution is 2.31. The molecule has 2 fully saturated rings. The van der Waals surface area contributed by atoms with Crippen LogP contribution in [0.1, 0.15) is 75.6 Å². The van der Waals surface area contributed by atoms with Crippen molar-refractivity contribution in [2.24, 2.45) is 11.3 Å². The van der Waals surface area contributed by atoms with E-state index < -0.39 is 5.41 Å². The molecule has 1 saturated heterocycles. The number of aromatic nitrogens is 6. The highest BCUT2D eigenvalue weighted by atomic mass is 16.5. The number of aryl methyl sites for hydroxylation is 1. The molecule has 0 bridgehead atoms. The van der Waals surface area contributed by atoms with E-state index in [1.165, 1.54) is 12.8 Å². The molecule has 5 rings (SSSR count). The number of rotatable bonds is 12. The number of aromatic amines is 1. The number of hydrogen-bond donors (Lipinski definition) is 3. The summed E-state index contributed by atoms with van der Waals surface area (Å²) in [6.45, 7) is 8.64. The van der Waals surface area contributed by atoms with E-state index in [4.69, 9.17) is 19.4 Å². The van der Waals surface area contributed by atoms with Gasteiger partial charge in [0.25, 0.3) is 0 Å². The molecular weight excluding hydrogens is 530 g/mol. The van der Waals surface area contributed by atoms with Crippen LogP contribution in [-0.4, -0.2) is 69.0 Å². The fraction of sp³-hybridized carbons (Fsp3) is 0.613. The molecule has 4 heterocycles. The van der Waals surface area contributed by atoms with E-state index >= 15 is 0 Å². The standard InChI is InChI=1S/C31H43N9O2/c1-21-17-33-26(15-24-7-9-25(10-8-24)35-22(2)18-42-23(3)30-37-39-40-38-30)16-27(21)28-5-4-6-29(36-28)34-20-31(19-32)11-13-41-14-12-31/h4-6,16-17,22-25,35H,7-15,18,20H2,1-3H3,(H,34,36)(H,37,38,39,40)/t22-,23+,24?,25?/m0/s1. The van der Waals surface area contributed by atoms with Crippen LogP contribution >= 0.6 is 0 Å². The van der Waals surface area contributed by atoms with Crippen molar-refractivity contribution in [3.63, 3.8) is 0 Å². The third-order valence-corrected chi connectivity index (χ3v) is 8.67. The van der Waals surface area contributed by atoms with Gasteiger partial charge in [-0.25, -0.2) is 4.98 Å². The van der Waals surface area contributed by atoms with E-state index in [2.05, 4.69) is 63.3 Å². The first-order valence-electron chi connectivity index (χ1n) is 15.2. The zero-order valence-corrected chi connectivity index (χ0v) is 25.0. The lowest BCUT2D eigenvalue weighted by molar-refractivity contribution is 0.0432. The van der Waals surface area contributed by atoms with Crippen LogP contribution in [0.5, 0.6) is 0 Å². The second-order valence-corrected chi connectivity index (χ2v) is 12.0. The van der Waals surface area contributed by atoms with Crippen LogP contribution in [0.2, 0.25) is 0 Å². The van der Waals surface area contributed by atoms with Gasteiger partial charge in [-0.3, -0.25) is 4.98 Å². The van der Waals surface area contributed by atoms with Crippen molar-refractivity contribution in [1.82, 2.24) is 35.9 Å².